The van der Waals surface area contributed by atoms with Crippen LogP contribution in [0, 0.1) is 29.6 Å². The van der Waals surface area contributed by atoms with Crippen LogP contribution in [0.15, 0.2) is 42.5 Å². The minimum atomic E-state index is -0.983. The fourth-order valence-corrected chi connectivity index (χ4v) is 6.51. The molecule has 6 rings (SSSR count). The van der Waals surface area contributed by atoms with Gasteiger partial charge in [-0.3, -0.25) is 0 Å². The summed E-state index contributed by atoms with van der Waals surface area (Å²) in [5.41, 5.74) is 2.24. The monoisotopic (exact) mass is 372 g/mol. The van der Waals surface area contributed by atoms with Gasteiger partial charge in [-0.15, -0.1) is 0 Å². The van der Waals surface area contributed by atoms with E-state index in [4.69, 9.17) is 0 Å². The summed E-state index contributed by atoms with van der Waals surface area (Å²) in [6, 6.07) is 12.7. The number of hydrogen-bond donors (Lipinski definition) is 2. The second-order valence-corrected chi connectivity index (χ2v) is 9.00. The number of carboxylic acid groups (broad SMARTS) is 1. The van der Waals surface area contributed by atoms with Gasteiger partial charge in [0, 0.05) is 22.1 Å². The van der Waals surface area contributed by atoms with Gasteiger partial charge in [0.05, 0.1) is 5.56 Å². The number of benzene rings is 2. The Hall–Kier alpha value is -2.73. The predicted octanol–water partition coefficient (Wildman–Crippen LogP) is 4.96. The van der Waals surface area contributed by atoms with Gasteiger partial charge in [-0.25, -0.2) is 4.79 Å². The quantitative estimate of drug-likeness (QED) is 0.733. The van der Waals surface area contributed by atoms with Gasteiger partial charge >= 0.3 is 5.97 Å². The molecule has 4 saturated carbocycles. The lowest BCUT2D eigenvalue weighted by Gasteiger charge is -2.57. The Kier molecular flexibility index (Phi) is 3.98. The van der Waals surface area contributed by atoms with Crippen molar-refractivity contribution in [3.8, 4) is 17.6 Å². The molecule has 4 bridgehead atoms. The zero-order valence-corrected chi connectivity index (χ0v) is 15.8. The van der Waals surface area contributed by atoms with Crippen molar-refractivity contribution in [3.63, 3.8) is 0 Å². The number of hydrogen-bond acceptors (Lipinski definition) is 2. The van der Waals surface area contributed by atoms with Crippen LogP contribution < -0.4 is 0 Å². The second-order valence-electron chi connectivity index (χ2n) is 9.00. The van der Waals surface area contributed by atoms with E-state index in [1.807, 2.05) is 30.3 Å². The Balaban J connectivity index is 1.69. The molecule has 4 aliphatic carbocycles. The number of carboxylic acids is 1. The van der Waals surface area contributed by atoms with Gasteiger partial charge in [-0.05, 0) is 80.5 Å². The first-order valence-corrected chi connectivity index (χ1v) is 10.2. The van der Waals surface area contributed by atoms with Gasteiger partial charge in [0.15, 0.2) is 0 Å². The van der Waals surface area contributed by atoms with Gasteiger partial charge in [-0.1, -0.05) is 30.0 Å². The average Bonchev–Trinajstić information content (AvgIpc) is 2.65. The Morgan fingerprint density at radius 1 is 0.893 bits per heavy atom. The SMILES string of the molecule is O=C(O)c1ccc(O)c(C23CC4CC(CC(C4)C2)C3)c1C#Cc1ccccc1. The molecule has 0 radical (unpaired) electrons. The molecular weight excluding hydrogens is 348 g/mol. The molecular formula is C25H24O3. The first-order chi connectivity index (χ1) is 13.5. The van der Waals surface area contributed by atoms with E-state index in [1.165, 1.54) is 25.3 Å². The van der Waals surface area contributed by atoms with Crippen LogP contribution in [0.25, 0.3) is 0 Å². The third-order valence-electron chi connectivity index (χ3n) is 7.09. The average molecular weight is 372 g/mol. The smallest absolute Gasteiger partial charge is 0.336 e. The number of phenols is 1. The Morgan fingerprint density at radius 3 is 2.07 bits per heavy atom. The summed E-state index contributed by atoms with van der Waals surface area (Å²) in [7, 11) is 0. The summed E-state index contributed by atoms with van der Waals surface area (Å²) < 4.78 is 0. The highest BCUT2D eigenvalue weighted by Crippen LogP contribution is 2.62. The molecule has 0 heterocycles. The molecule has 0 spiro atoms. The lowest BCUT2D eigenvalue weighted by atomic mass is 9.47. The maximum atomic E-state index is 12.0. The van der Waals surface area contributed by atoms with Crippen LogP contribution in [0.4, 0.5) is 0 Å². The summed E-state index contributed by atoms with van der Waals surface area (Å²) in [6.45, 7) is 0. The van der Waals surface area contributed by atoms with E-state index < -0.39 is 5.97 Å². The highest BCUT2D eigenvalue weighted by molar-refractivity contribution is 5.92. The fourth-order valence-electron chi connectivity index (χ4n) is 6.51. The predicted molar refractivity (Wildman–Crippen MR) is 107 cm³/mol. The first kappa shape index (κ1) is 17.4. The minimum absolute atomic E-state index is 0.120. The van der Waals surface area contributed by atoms with Crippen molar-refractivity contribution in [2.45, 2.75) is 43.9 Å². The molecule has 2 aromatic rings. The van der Waals surface area contributed by atoms with Gasteiger partial charge in [0.2, 0.25) is 0 Å². The fraction of sp³-hybridized carbons (Fsp3) is 0.400. The molecule has 2 aromatic carbocycles. The molecule has 3 heteroatoms. The van der Waals surface area contributed by atoms with Crippen LogP contribution in [0.3, 0.4) is 0 Å². The van der Waals surface area contributed by atoms with Crippen LogP contribution in [0.2, 0.25) is 0 Å². The summed E-state index contributed by atoms with van der Waals surface area (Å²) in [4.78, 5) is 12.0. The van der Waals surface area contributed by atoms with Crippen LogP contribution in [0.1, 0.15) is 65.6 Å². The van der Waals surface area contributed by atoms with Crippen LogP contribution >= 0.6 is 0 Å². The third-order valence-corrected chi connectivity index (χ3v) is 7.09. The zero-order valence-electron chi connectivity index (χ0n) is 15.8. The topological polar surface area (TPSA) is 57.5 Å². The van der Waals surface area contributed by atoms with Gasteiger partial charge in [0.1, 0.15) is 5.75 Å². The van der Waals surface area contributed by atoms with Crippen molar-refractivity contribution < 1.29 is 15.0 Å². The van der Waals surface area contributed by atoms with Crippen LogP contribution in [-0.2, 0) is 5.41 Å². The first-order valence-electron chi connectivity index (χ1n) is 10.2. The molecule has 28 heavy (non-hydrogen) atoms. The second kappa shape index (κ2) is 6.41. The Morgan fingerprint density at radius 2 is 1.50 bits per heavy atom. The lowest BCUT2D eigenvalue weighted by Crippen LogP contribution is -2.49. The standard InChI is InChI=1S/C25H24O3/c26-22-9-8-21(24(27)28)20(7-6-16-4-2-1-3-5-16)23(22)25-13-17-10-18(14-25)12-19(11-17)15-25/h1-5,8-9,17-19,26H,10-15H2,(H,27,28). The maximum Gasteiger partial charge on any atom is 0.336 e. The Bertz CT molecular complexity index is 958. The molecule has 0 aliphatic heterocycles. The molecule has 4 aliphatic rings. The molecule has 0 unspecified atom stereocenters. The highest BCUT2D eigenvalue weighted by Gasteiger charge is 2.53. The molecule has 0 atom stereocenters. The van der Waals surface area contributed by atoms with Crippen molar-refractivity contribution in [2.75, 3.05) is 0 Å². The number of aromatic hydroxyl groups is 1. The number of aromatic carboxylic acids is 1. The number of rotatable bonds is 2. The molecule has 0 aromatic heterocycles. The maximum absolute atomic E-state index is 12.0. The van der Waals surface area contributed by atoms with Crippen LogP contribution in [-0.4, -0.2) is 16.2 Å². The van der Waals surface area contributed by atoms with E-state index in [1.54, 1.807) is 6.07 Å². The van der Waals surface area contributed by atoms with E-state index in [0.717, 1.165) is 30.4 Å². The summed E-state index contributed by atoms with van der Waals surface area (Å²) in [5, 5.41) is 20.7. The summed E-state index contributed by atoms with van der Waals surface area (Å²) in [5.74, 6) is 7.62. The van der Waals surface area contributed by atoms with Crippen LogP contribution in [0.5, 0.6) is 5.75 Å². The van der Waals surface area contributed by atoms with E-state index >= 15 is 0 Å². The molecule has 3 nitrogen and oxygen atoms in total. The van der Waals surface area contributed by atoms with Gasteiger partial charge in [0.25, 0.3) is 0 Å². The van der Waals surface area contributed by atoms with E-state index in [0.29, 0.717) is 23.3 Å². The van der Waals surface area contributed by atoms with E-state index in [2.05, 4.69) is 11.8 Å². The normalized spacial score (nSPS) is 29.9. The Labute approximate surface area is 165 Å². The van der Waals surface area contributed by atoms with Crippen molar-refractivity contribution in [3.05, 3.63) is 64.7 Å². The van der Waals surface area contributed by atoms with E-state index in [9.17, 15) is 15.0 Å². The van der Waals surface area contributed by atoms with Crippen molar-refractivity contribution in [1.82, 2.24) is 0 Å². The third kappa shape index (κ3) is 2.79. The highest BCUT2D eigenvalue weighted by atomic mass is 16.4. The molecule has 142 valence electrons. The van der Waals surface area contributed by atoms with Crippen molar-refractivity contribution in [2.24, 2.45) is 17.8 Å². The molecule has 2 N–H and O–H groups in total. The minimum Gasteiger partial charge on any atom is -0.508 e. The molecule has 4 fully saturated rings. The number of carbonyl (C=O) groups is 1. The largest absolute Gasteiger partial charge is 0.508 e. The lowest BCUT2D eigenvalue weighted by molar-refractivity contribution is -0.00627. The summed E-state index contributed by atoms with van der Waals surface area (Å²) >= 11 is 0. The molecule has 0 saturated heterocycles. The van der Waals surface area contributed by atoms with Crippen molar-refractivity contribution in [1.29, 1.82) is 0 Å². The molecule has 0 amide bonds. The zero-order chi connectivity index (χ0) is 19.3. The van der Waals surface area contributed by atoms with Gasteiger partial charge < -0.3 is 10.2 Å². The van der Waals surface area contributed by atoms with E-state index in [-0.39, 0.29) is 16.7 Å². The number of phenolic OH excluding ortho intramolecular Hbond substituents is 1. The summed E-state index contributed by atoms with van der Waals surface area (Å²) in [6.07, 6.45) is 7.04. The van der Waals surface area contributed by atoms with Gasteiger partial charge in [-0.2, -0.15) is 0 Å². The van der Waals surface area contributed by atoms with Crippen molar-refractivity contribution >= 4 is 5.97 Å².